The largest absolute Gasteiger partial charge is 0.493 e. The highest BCUT2D eigenvalue weighted by Crippen LogP contribution is 2.55. The Bertz CT molecular complexity index is 896. The summed E-state index contributed by atoms with van der Waals surface area (Å²) in [6.07, 6.45) is 0.458. The lowest BCUT2D eigenvalue weighted by molar-refractivity contribution is 0.0957. The van der Waals surface area contributed by atoms with Crippen LogP contribution in [0.5, 0.6) is 23.0 Å². The molecule has 0 fully saturated rings. The van der Waals surface area contributed by atoms with Gasteiger partial charge >= 0.3 is 0 Å². The van der Waals surface area contributed by atoms with Crippen molar-refractivity contribution in [3.8, 4) is 23.0 Å². The number of hydrogen-bond acceptors (Lipinski definition) is 6. The van der Waals surface area contributed by atoms with Gasteiger partial charge in [-0.25, -0.2) is 0 Å². The Morgan fingerprint density at radius 2 is 0.963 bits per heavy atom. The van der Waals surface area contributed by atoms with Crippen molar-refractivity contribution in [3.05, 3.63) is 46.5 Å². The summed E-state index contributed by atoms with van der Waals surface area (Å²) in [5, 5.41) is 0. The van der Waals surface area contributed by atoms with Gasteiger partial charge in [-0.15, -0.1) is 0 Å². The fraction of sp³-hybridized carbons (Fsp3) is 0.333. The molecule has 0 unspecified atom stereocenters. The molecule has 0 radical (unpaired) electrons. The van der Waals surface area contributed by atoms with E-state index in [1.54, 1.807) is 26.4 Å². The van der Waals surface area contributed by atoms with Gasteiger partial charge in [0.25, 0.3) is 0 Å². The van der Waals surface area contributed by atoms with Gasteiger partial charge in [0.1, 0.15) is 0 Å². The monoisotopic (exact) mass is 368 g/mol. The van der Waals surface area contributed by atoms with E-state index in [0.29, 0.717) is 34.1 Å². The number of carbonyl (C=O) groups excluding carboxylic acids is 2. The molecule has 1 spiro atoms. The Morgan fingerprint density at radius 1 is 0.630 bits per heavy atom. The third kappa shape index (κ3) is 2.25. The normalized spacial score (nSPS) is 16.3. The highest BCUT2D eigenvalue weighted by Gasteiger charge is 2.52. The molecular weight excluding hydrogens is 348 g/mol. The van der Waals surface area contributed by atoms with E-state index in [2.05, 4.69) is 0 Å². The maximum absolute atomic E-state index is 12.8. The second kappa shape index (κ2) is 6.01. The predicted molar refractivity (Wildman–Crippen MR) is 97.8 cm³/mol. The van der Waals surface area contributed by atoms with Crippen LogP contribution < -0.4 is 18.9 Å². The van der Waals surface area contributed by atoms with Crippen molar-refractivity contribution in [1.29, 1.82) is 0 Å². The van der Waals surface area contributed by atoms with Gasteiger partial charge in [-0.1, -0.05) is 0 Å². The zero-order valence-corrected chi connectivity index (χ0v) is 15.7. The summed E-state index contributed by atoms with van der Waals surface area (Å²) >= 11 is 0. The highest BCUT2D eigenvalue weighted by molar-refractivity contribution is 6.10. The van der Waals surface area contributed by atoms with E-state index in [4.69, 9.17) is 18.9 Å². The molecule has 2 aromatic carbocycles. The van der Waals surface area contributed by atoms with Gasteiger partial charge in [0.05, 0.1) is 28.4 Å². The molecule has 2 aliphatic carbocycles. The topological polar surface area (TPSA) is 71.1 Å². The highest BCUT2D eigenvalue weighted by atomic mass is 16.5. The van der Waals surface area contributed by atoms with E-state index in [1.165, 1.54) is 14.2 Å². The molecule has 2 aromatic rings. The van der Waals surface area contributed by atoms with Crippen molar-refractivity contribution in [3.63, 3.8) is 0 Å². The maximum Gasteiger partial charge on any atom is 0.164 e. The molecule has 140 valence electrons. The van der Waals surface area contributed by atoms with E-state index in [9.17, 15) is 9.59 Å². The lowest BCUT2D eigenvalue weighted by Gasteiger charge is -2.26. The standard InChI is InChI=1S/C21H20O6/c1-24-17-5-11-13(7-19(17)26-3)21(9-15(11)22)10-16(23)12-6-18(25-2)20(27-4)8-14(12)21/h5-8H,9-10H2,1-4H3. The minimum atomic E-state index is -0.710. The smallest absolute Gasteiger partial charge is 0.164 e. The Balaban J connectivity index is 1.99. The van der Waals surface area contributed by atoms with Gasteiger partial charge in [0, 0.05) is 29.4 Å². The van der Waals surface area contributed by atoms with Crippen LogP contribution in [-0.2, 0) is 5.41 Å². The molecule has 2 aliphatic rings. The maximum atomic E-state index is 12.8. The molecule has 0 atom stereocenters. The summed E-state index contributed by atoms with van der Waals surface area (Å²) in [5.41, 5.74) is 2.03. The van der Waals surface area contributed by atoms with Gasteiger partial charge < -0.3 is 18.9 Å². The van der Waals surface area contributed by atoms with Crippen LogP contribution in [-0.4, -0.2) is 40.0 Å². The lowest BCUT2D eigenvalue weighted by atomic mass is 9.76. The van der Waals surface area contributed by atoms with Gasteiger partial charge in [-0.05, 0) is 35.4 Å². The van der Waals surface area contributed by atoms with Crippen LogP contribution in [0.2, 0.25) is 0 Å². The molecule has 0 aliphatic heterocycles. The first kappa shape index (κ1) is 17.4. The van der Waals surface area contributed by atoms with Gasteiger partial charge in [-0.3, -0.25) is 9.59 Å². The number of methoxy groups -OCH3 is 4. The third-order valence-electron chi connectivity index (χ3n) is 5.60. The number of ether oxygens (including phenoxy) is 4. The second-order valence-corrected chi connectivity index (χ2v) is 6.79. The van der Waals surface area contributed by atoms with E-state index < -0.39 is 5.41 Å². The number of benzene rings is 2. The van der Waals surface area contributed by atoms with Gasteiger partial charge in [0.15, 0.2) is 34.6 Å². The number of Topliss-reactive ketones (excluding diaryl/α,β-unsaturated/α-hetero) is 2. The van der Waals surface area contributed by atoms with Crippen LogP contribution in [0.15, 0.2) is 24.3 Å². The first-order chi connectivity index (χ1) is 13.0. The Hall–Kier alpha value is -3.02. The van der Waals surface area contributed by atoms with E-state index in [-0.39, 0.29) is 24.4 Å². The molecule has 0 amide bonds. The molecular formula is C21H20O6. The van der Waals surface area contributed by atoms with E-state index in [0.717, 1.165) is 11.1 Å². The average Bonchev–Trinajstić information content (AvgIpc) is 3.12. The molecule has 6 heteroatoms. The number of hydrogen-bond donors (Lipinski definition) is 0. The Morgan fingerprint density at radius 3 is 1.30 bits per heavy atom. The van der Waals surface area contributed by atoms with Crippen molar-refractivity contribution >= 4 is 11.6 Å². The zero-order valence-electron chi connectivity index (χ0n) is 15.7. The van der Waals surface area contributed by atoms with E-state index >= 15 is 0 Å². The molecule has 0 bridgehead atoms. The van der Waals surface area contributed by atoms with Crippen molar-refractivity contribution in [2.24, 2.45) is 0 Å². The first-order valence-corrected chi connectivity index (χ1v) is 8.58. The quantitative estimate of drug-likeness (QED) is 0.825. The Kier molecular flexibility index (Phi) is 3.87. The summed E-state index contributed by atoms with van der Waals surface area (Å²) in [6.45, 7) is 0. The predicted octanol–water partition coefficient (Wildman–Crippen LogP) is 3.18. The number of fused-ring (bicyclic) bond motifs is 4. The molecule has 0 N–H and O–H groups in total. The summed E-state index contributed by atoms with van der Waals surface area (Å²) in [7, 11) is 6.17. The van der Waals surface area contributed by atoms with E-state index in [1.807, 2.05) is 12.1 Å². The molecule has 6 nitrogen and oxygen atoms in total. The lowest BCUT2D eigenvalue weighted by Crippen LogP contribution is -2.22. The summed E-state index contributed by atoms with van der Waals surface area (Å²) in [4.78, 5) is 25.6. The summed E-state index contributed by atoms with van der Waals surface area (Å²) < 4.78 is 21.5. The average molecular weight is 368 g/mol. The second-order valence-electron chi connectivity index (χ2n) is 6.79. The number of rotatable bonds is 4. The molecule has 4 rings (SSSR count). The zero-order chi connectivity index (χ0) is 19.3. The van der Waals surface area contributed by atoms with Crippen molar-refractivity contribution < 1.29 is 28.5 Å². The minimum Gasteiger partial charge on any atom is -0.493 e. The molecule has 0 saturated heterocycles. The fourth-order valence-electron chi connectivity index (χ4n) is 4.34. The van der Waals surface area contributed by atoms with Crippen LogP contribution in [0.3, 0.4) is 0 Å². The SMILES string of the molecule is COc1cc2c(cc1OC)C1(CC2=O)CC(=O)c2cc(OC)c(OC)cc21. The first-order valence-electron chi connectivity index (χ1n) is 8.58. The molecule has 0 heterocycles. The Labute approximate surface area is 157 Å². The van der Waals surface area contributed by atoms with Crippen LogP contribution in [0, 0.1) is 0 Å². The minimum absolute atomic E-state index is 0.0126. The molecule has 0 aromatic heterocycles. The van der Waals surface area contributed by atoms with Crippen molar-refractivity contribution in [2.75, 3.05) is 28.4 Å². The summed E-state index contributed by atoms with van der Waals surface area (Å²) in [6, 6.07) is 7.04. The van der Waals surface area contributed by atoms with Crippen LogP contribution in [0.25, 0.3) is 0 Å². The van der Waals surface area contributed by atoms with Crippen molar-refractivity contribution in [2.45, 2.75) is 18.3 Å². The molecule has 0 saturated carbocycles. The fourth-order valence-corrected chi connectivity index (χ4v) is 4.34. The number of carbonyl (C=O) groups is 2. The third-order valence-corrected chi connectivity index (χ3v) is 5.60. The number of ketones is 2. The van der Waals surface area contributed by atoms with Crippen molar-refractivity contribution in [1.82, 2.24) is 0 Å². The molecule has 27 heavy (non-hydrogen) atoms. The van der Waals surface area contributed by atoms with Crippen LogP contribution >= 0.6 is 0 Å². The van der Waals surface area contributed by atoms with Crippen LogP contribution in [0.4, 0.5) is 0 Å². The van der Waals surface area contributed by atoms with Gasteiger partial charge in [0.2, 0.25) is 0 Å². The summed E-state index contributed by atoms with van der Waals surface area (Å²) in [5.74, 6) is 2.04. The van der Waals surface area contributed by atoms with Crippen LogP contribution in [0.1, 0.15) is 44.7 Å². The van der Waals surface area contributed by atoms with Gasteiger partial charge in [-0.2, -0.15) is 0 Å².